The number of carbonyl (C=O) groups is 1. The molecule has 26 heavy (non-hydrogen) atoms. The van der Waals surface area contributed by atoms with Gasteiger partial charge in [0, 0.05) is 9.86 Å². The van der Waals surface area contributed by atoms with Crippen LogP contribution in [0.4, 0.5) is 0 Å². The van der Waals surface area contributed by atoms with Gasteiger partial charge in [0.15, 0.2) is 5.69 Å². The number of rotatable bonds is 4. The van der Waals surface area contributed by atoms with Gasteiger partial charge in [-0.05, 0) is 38.5 Å². The molecule has 0 fully saturated rings. The van der Waals surface area contributed by atoms with Crippen LogP contribution in [0.2, 0.25) is 0 Å². The normalized spacial score (nSPS) is 12.3. The number of benzene rings is 2. The maximum atomic E-state index is 12.9. The van der Waals surface area contributed by atoms with Crippen molar-refractivity contribution in [2.45, 2.75) is 32.9 Å². The molecule has 1 N–H and O–H groups in total. The van der Waals surface area contributed by atoms with Crippen LogP contribution in [0.5, 0.6) is 0 Å². The molecule has 0 aliphatic carbocycles. The Kier molecular flexibility index (Phi) is 5.23. The summed E-state index contributed by atoms with van der Waals surface area (Å²) in [6.45, 7) is 5.65. The number of aromatic nitrogens is 2. The highest BCUT2D eigenvalue weighted by atomic mass is 79.9. The minimum Gasteiger partial charge on any atom is -0.344 e. The number of halogens is 1. The molecule has 3 aromatic rings. The summed E-state index contributed by atoms with van der Waals surface area (Å²) in [7, 11) is 0. The van der Waals surface area contributed by atoms with Crippen molar-refractivity contribution in [3.05, 3.63) is 74.6 Å². The fourth-order valence-corrected chi connectivity index (χ4v) is 3.52. The fourth-order valence-electron chi connectivity index (χ4n) is 2.89. The van der Waals surface area contributed by atoms with E-state index < -0.39 is 0 Å². The first-order valence-corrected chi connectivity index (χ1v) is 9.26. The minimum atomic E-state index is -0.307. The molecule has 5 nitrogen and oxygen atoms in total. The van der Waals surface area contributed by atoms with Crippen molar-refractivity contribution in [2.75, 3.05) is 0 Å². The number of amides is 1. The van der Waals surface area contributed by atoms with Gasteiger partial charge in [0.1, 0.15) is 0 Å². The maximum Gasteiger partial charge on any atom is 0.274 e. The summed E-state index contributed by atoms with van der Waals surface area (Å²) >= 11 is 3.51. The number of nitrogens with one attached hydrogen (secondary N) is 1. The van der Waals surface area contributed by atoms with Crippen molar-refractivity contribution in [3.63, 3.8) is 0 Å². The van der Waals surface area contributed by atoms with Crippen LogP contribution >= 0.6 is 15.9 Å². The van der Waals surface area contributed by atoms with E-state index in [-0.39, 0.29) is 29.2 Å². The van der Waals surface area contributed by atoms with Crippen molar-refractivity contribution in [1.82, 2.24) is 15.1 Å². The second-order valence-electron chi connectivity index (χ2n) is 6.45. The van der Waals surface area contributed by atoms with Crippen LogP contribution in [-0.2, 0) is 0 Å². The second-order valence-corrected chi connectivity index (χ2v) is 7.31. The smallest absolute Gasteiger partial charge is 0.274 e. The summed E-state index contributed by atoms with van der Waals surface area (Å²) in [6, 6.07) is 14.5. The summed E-state index contributed by atoms with van der Waals surface area (Å²) < 4.78 is 2.29. The van der Waals surface area contributed by atoms with E-state index in [2.05, 4.69) is 26.3 Å². The molecule has 1 heterocycles. The van der Waals surface area contributed by atoms with Crippen molar-refractivity contribution in [3.8, 4) is 0 Å². The largest absolute Gasteiger partial charge is 0.344 e. The van der Waals surface area contributed by atoms with E-state index in [1.165, 1.54) is 4.68 Å². The van der Waals surface area contributed by atoms with Gasteiger partial charge in [-0.1, -0.05) is 52.3 Å². The number of hydrogen-bond acceptors (Lipinski definition) is 3. The second kappa shape index (κ2) is 7.41. The third-order valence-electron chi connectivity index (χ3n) is 4.25. The van der Waals surface area contributed by atoms with Gasteiger partial charge in [0.25, 0.3) is 11.5 Å². The van der Waals surface area contributed by atoms with E-state index in [1.807, 2.05) is 45.0 Å². The molecular weight excluding hydrogens is 394 g/mol. The molecule has 2 aromatic carbocycles. The van der Waals surface area contributed by atoms with E-state index in [9.17, 15) is 9.59 Å². The Morgan fingerprint density at radius 1 is 1.04 bits per heavy atom. The maximum absolute atomic E-state index is 12.9. The standard InChI is InChI=1S/C20H20BrN3O2/c1-12(2)24-20(26)16-10-5-4-9-15(16)18(23-24)19(25)22-13(3)14-8-6-7-11-17(14)21/h4-13H,1-3H3,(H,22,25). The first-order valence-electron chi connectivity index (χ1n) is 8.47. The van der Waals surface area contributed by atoms with Crippen LogP contribution in [0.3, 0.4) is 0 Å². The zero-order valence-corrected chi connectivity index (χ0v) is 16.4. The Hall–Kier alpha value is -2.47. The lowest BCUT2D eigenvalue weighted by Gasteiger charge is -2.17. The van der Waals surface area contributed by atoms with Crippen LogP contribution in [0.25, 0.3) is 10.8 Å². The Bertz CT molecular complexity index is 1030. The summed E-state index contributed by atoms with van der Waals surface area (Å²) in [5.74, 6) is -0.307. The van der Waals surface area contributed by atoms with Gasteiger partial charge in [-0.2, -0.15) is 5.10 Å². The predicted molar refractivity (Wildman–Crippen MR) is 106 cm³/mol. The lowest BCUT2D eigenvalue weighted by atomic mass is 10.1. The SMILES string of the molecule is CC(NC(=O)c1nn(C(C)C)c(=O)c2ccccc12)c1ccccc1Br. The zero-order valence-electron chi connectivity index (χ0n) is 14.9. The molecule has 0 saturated heterocycles. The lowest BCUT2D eigenvalue weighted by Crippen LogP contribution is -2.32. The Morgan fingerprint density at radius 2 is 1.65 bits per heavy atom. The molecular formula is C20H20BrN3O2. The van der Waals surface area contributed by atoms with Crippen molar-refractivity contribution in [2.24, 2.45) is 0 Å². The molecule has 1 amide bonds. The minimum absolute atomic E-state index is 0.139. The summed E-state index contributed by atoms with van der Waals surface area (Å²) in [4.78, 5) is 25.5. The number of hydrogen-bond donors (Lipinski definition) is 1. The molecule has 6 heteroatoms. The van der Waals surface area contributed by atoms with E-state index in [0.29, 0.717) is 10.8 Å². The number of nitrogens with zero attached hydrogens (tertiary/aromatic N) is 2. The zero-order chi connectivity index (χ0) is 18.8. The highest BCUT2D eigenvalue weighted by Crippen LogP contribution is 2.23. The Labute approximate surface area is 160 Å². The van der Waals surface area contributed by atoms with Crippen LogP contribution in [-0.4, -0.2) is 15.7 Å². The van der Waals surface area contributed by atoms with Gasteiger partial charge in [0.2, 0.25) is 0 Å². The van der Waals surface area contributed by atoms with E-state index in [0.717, 1.165) is 10.0 Å². The van der Waals surface area contributed by atoms with E-state index in [1.54, 1.807) is 24.3 Å². The van der Waals surface area contributed by atoms with Gasteiger partial charge >= 0.3 is 0 Å². The van der Waals surface area contributed by atoms with Gasteiger partial charge in [-0.15, -0.1) is 0 Å². The molecule has 0 aliphatic rings. The monoisotopic (exact) mass is 413 g/mol. The molecule has 0 spiro atoms. The highest BCUT2D eigenvalue weighted by molar-refractivity contribution is 9.10. The van der Waals surface area contributed by atoms with Crippen molar-refractivity contribution < 1.29 is 4.79 Å². The number of carbonyl (C=O) groups excluding carboxylic acids is 1. The van der Waals surface area contributed by atoms with E-state index in [4.69, 9.17) is 0 Å². The van der Waals surface area contributed by atoms with Crippen LogP contribution < -0.4 is 10.9 Å². The molecule has 0 aliphatic heterocycles. The Morgan fingerprint density at radius 3 is 2.31 bits per heavy atom. The predicted octanol–water partition coefficient (Wildman–Crippen LogP) is 4.23. The highest BCUT2D eigenvalue weighted by Gasteiger charge is 2.20. The summed E-state index contributed by atoms with van der Waals surface area (Å²) in [5, 5.41) is 8.39. The quantitative estimate of drug-likeness (QED) is 0.695. The van der Waals surface area contributed by atoms with Gasteiger partial charge < -0.3 is 5.32 Å². The van der Waals surface area contributed by atoms with Gasteiger partial charge in [0.05, 0.1) is 17.5 Å². The third-order valence-corrected chi connectivity index (χ3v) is 4.97. The van der Waals surface area contributed by atoms with Crippen molar-refractivity contribution >= 4 is 32.6 Å². The molecule has 0 bridgehead atoms. The molecule has 1 aromatic heterocycles. The summed E-state index contributed by atoms with van der Waals surface area (Å²) in [6.07, 6.45) is 0. The first-order chi connectivity index (χ1) is 12.4. The molecule has 0 radical (unpaired) electrons. The van der Waals surface area contributed by atoms with Gasteiger partial charge in [-0.3, -0.25) is 9.59 Å². The third kappa shape index (κ3) is 3.42. The Balaban J connectivity index is 2.04. The fraction of sp³-hybridized carbons (Fsp3) is 0.250. The molecule has 134 valence electrons. The molecule has 0 saturated carbocycles. The van der Waals surface area contributed by atoms with Gasteiger partial charge in [-0.25, -0.2) is 4.68 Å². The van der Waals surface area contributed by atoms with Crippen molar-refractivity contribution in [1.29, 1.82) is 0 Å². The van der Waals surface area contributed by atoms with E-state index >= 15 is 0 Å². The average Bonchev–Trinajstić information content (AvgIpc) is 2.62. The van der Waals surface area contributed by atoms with Crippen LogP contribution in [0.15, 0.2) is 57.8 Å². The first kappa shape index (κ1) is 18.3. The number of fused-ring (bicyclic) bond motifs is 1. The van der Waals surface area contributed by atoms with Crippen LogP contribution in [0, 0.1) is 0 Å². The summed E-state index contributed by atoms with van der Waals surface area (Å²) in [5.41, 5.74) is 1.04. The molecule has 3 rings (SSSR count). The molecule has 1 unspecified atom stereocenters. The van der Waals surface area contributed by atoms with Crippen LogP contribution in [0.1, 0.15) is 48.9 Å². The molecule has 1 atom stereocenters. The lowest BCUT2D eigenvalue weighted by molar-refractivity contribution is 0.0934. The average molecular weight is 414 g/mol. The topological polar surface area (TPSA) is 64.0 Å².